The summed E-state index contributed by atoms with van der Waals surface area (Å²) in [6.45, 7) is 3.86. The molecule has 0 spiro atoms. The normalized spacial score (nSPS) is 29.5. The summed E-state index contributed by atoms with van der Waals surface area (Å²) in [6.07, 6.45) is 1.07. The number of halogens is 1. The van der Waals surface area contributed by atoms with E-state index >= 15 is 0 Å². The van der Waals surface area contributed by atoms with E-state index in [2.05, 4.69) is 24.2 Å². The first-order chi connectivity index (χ1) is 8.04. The largest absolute Gasteiger partial charge is 0.377 e. The minimum Gasteiger partial charge on any atom is -0.377 e. The lowest BCUT2D eigenvalue weighted by Crippen LogP contribution is -2.47. The summed E-state index contributed by atoms with van der Waals surface area (Å²) < 4.78 is 0. The second kappa shape index (κ2) is 4.84. The maximum absolute atomic E-state index is 5.96. The standard InChI is InChI=1S/C13H20ClN3/c1-10-7-13(8-15,9-17(10)2)16-12-5-3-11(14)4-6-12/h3-6,10,16H,7-9,15H2,1-2H3. The van der Waals surface area contributed by atoms with Gasteiger partial charge in [-0.1, -0.05) is 11.6 Å². The summed E-state index contributed by atoms with van der Waals surface area (Å²) in [6, 6.07) is 8.37. The van der Waals surface area contributed by atoms with Crippen molar-refractivity contribution in [3.63, 3.8) is 0 Å². The van der Waals surface area contributed by atoms with Crippen LogP contribution >= 0.6 is 11.6 Å². The predicted molar refractivity (Wildman–Crippen MR) is 73.6 cm³/mol. The molecule has 3 N–H and O–H groups in total. The SMILES string of the molecule is CC1CC(CN)(Nc2ccc(Cl)cc2)CN1C. The Morgan fingerprint density at radius 1 is 1.47 bits per heavy atom. The molecule has 1 aromatic rings. The number of hydrogen-bond donors (Lipinski definition) is 2. The maximum Gasteiger partial charge on any atom is 0.0636 e. The Morgan fingerprint density at radius 3 is 2.59 bits per heavy atom. The molecular weight excluding hydrogens is 234 g/mol. The second-order valence-corrected chi connectivity index (χ2v) is 5.52. The van der Waals surface area contributed by atoms with Gasteiger partial charge in [0.25, 0.3) is 0 Å². The Morgan fingerprint density at radius 2 is 2.12 bits per heavy atom. The van der Waals surface area contributed by atoms with Crippen LogP contribution in [0, 0.1) is 0 Å². The van der Waals surface area contributed by atoms with Crippen LogP contribution in [0.1, 0.15) is 13.3 Å². The van der Waals surface area contributed by atoms with Gasteiger partial charge in [0.05, 0.1) is 5.54 Å². The smallest absolute Gasteiger partial charge is 0.0636 e. The number of benzene rings is 1. The third-order valence-electron chi connectivity index (χ3n) is 3.64. The van der Waals surface area contributed by atoms with Crippen LogP contribution in [0.5, 0.6) is 0 Å². The number of rotatable bonds is 3. The number of nitrogens with two attached hydrogens (primary N) is 1. The van der Waals surface area contributed by atoms with E-state index in [0.29, 0.717) is 12.6 Å². The average molecular weight is 254 g/mol. The van der Waals surface area contributed by atoms with Crippen molar-refractivity contribution < 1.29 is 0 Å². The number of anilines is 1. The quantitative estimate of drug-likeness (QED) is 0.868. The van der Waals surface area contributed by atoms with Crippen molar-refractivity contribution in [1.29, 1.82) is 0 Å². The van der Waals surface area contributed by atoms with Gasteiger partial charge in [-0.15, -0.1) is 0 Å². The van der Waals surface area contributed by atoms with Crippen LogP contribution in [0.25, 0.3) is 0 Å². The fourth-order valence-corrected chi connectivity index (χ4v) is 2.67. The maximum atomic E-state index is 5.96. The first-order valence-corrected chi connectivity index (χ1v) is 6.36. The predicted octanol–water partition coefficient (Wildman–Crippen LogP) is 2.17. The van der Waals surface area contributed by atoms with E-state index in [1.807, 2.05) is 24.3 Å². The highest BCUT2D eigenvalue weighted by Crippen LogP contribution is 2.29. The first kappa shape index (κ1) is 12.7. The Balaban J connectivity index is 2.13. The molecule has 0 aliphatic carbocycles. The van der Waals surface area contributed by atoms with Gasteiger partial charge in [-0.05, 0) is 44.7 Å². The molecule has 1 saturated heterocycles. The van der Waals surface area contributed by atoms with Crippen molar-refractivity contribution in [1.82, 2.24) is 4.90 Å². The Hall–Kier alpha value is -0.770. The van der Waals surface area contributed by atoms with Crippen LogP contribution in [0.2, 0.25) is 5.02 Å². The van der Waals surface area contributed by atoms with E-state index in [9.17, 15) is 0 Å². The number of likely N-dealkylation sites (N-methyl/N-ethyl adjacent to an activating group) is 1. The van der Waals surface area contributed by atoms with Crippen molar-refractivity contribution in [3.05, 3.63) is 29.3 Å². The monoisotopic (exact) mass is 253 g/mol. The Kier molecular flexibility index (Phi) is 3.61. The number of likely N-dealkylation sites (tertiary alicyclic amines) is 1. The zero-order chi connectivity index (χ0) is 12.5. The summed E-state index contributed by atoms with van der Waals surface area (Å²) in [5.41, 5.74) is 7.03. The van der Waals surface area contributed by atoms with Crippen LogP contribution in [-0.4, -0.2) is 36.6 Å². The molecule has 1 aliphatic rings. The molecule has 1 heterocycles. The second-order valence-electron chi connectivity index (χ2n) is 5.08. The first-order valence-electron chi connectivity index (χ1n) is 5.99. The van der Waals surface area contributed by atoms with Crippen molar-refractivity contribution in [2.24, 2.45) is 5.73 Å². The van der Waals surface area contributed by atoms with E-state index in [1.54, 1.807) is 0 Å². The summed E-state index contributed by atoms with van der Waals surface area (Å²) >= 11 is 5.88. The lowest BCUT2D eigenvalue weighted by molar-refractivity contribution is 0.323. The van der Waals surface area contributed by atoms with Crippen LogP contribution in [0.3, 0.4) is 0 Å². The van der Waals surface area contributed by atoms with E-state index in [1.165, 1.54) is 0 Å². The van der Waals surface area contributed by atoms with Crippen LogP contribution in [0.4, 0.5) is 5.69 Å². The molecule has 0 radical (unpaired) electrons. The summed E-state index contributed by atoms with van der Waals surface area (Å²) in [5.74, 6) is 0. The van der Waals surface area contributed by atoms with Gasteiger partial charge in [0.1, 0.15) is 0 Å². The molecule has 0 amide bonds. The van der Waals surface area contributed by atoms with Gasteiger partial charge in [-0.25, -0.2) is 0 Å². The van der Waals surface area contributed by atoms with E-state index in [-0.39, 0.29) is 5.54 Å². The summed E-state index contributed by atoms with van der Waals surface area (Å²) in [7, 11) is 2.14. The molecule has 2 unspecified atom stereocenters. The van der Waals surface area contributed by atoms with Crippen LogP contribution in [-0.2, 0) is 0 Å². The molecule has 94 valence electrons. The van der Waals surface area contributed by atoms with Gasteiger partial charge in [0.2, 0.25) is 0 Å². The third-order valence-corrected chi connectivity index (χ3v) is 3.89. The molecule has 3 nitrogen and oxygen atoms in total. The lowest BCUT2D eigenvalue weighted by atomic mass is 9.96. The lowest BCUT2D eigenvalue weighted by Gasteiger charge is -2.30. The van der Waals surface area contributed by atoms with Crippen LogP contribution in [0.15, 0.2) is 24.3 Å². The van der Waals surface area contributed by atoms with Gasteiger partial charge in [0.15, 0.2) is 0 Å². The van der Waals surface area contributed by atoms with E-state index < -0.39 is 0 Å². The van der Waals surface area contributed by atoms with Gasteiger partial charge < -0.3 is 16.0 Å². The van der Waals surface area contributed by atoms with Crippen molar-refractivity contribution in [2.75, 3.05) is 25.5 Å². The fraction of sp³-hybridized carbons (Fsp3) is 0.538. The molecule has 0 bridgehead atoms. The molecule has 0 saturated carbocycles. The molecule has 17 heavy (non-hydrogen) atoms. The van der Waals surface area contributed by atoms with Gasteiger partial charge in [-0.2, -0.15) is 0 Å². The minimum absolute atomic E-state index is 0.0119. The zero-order valence-electron chi connectivity index (χ0n) is 10.4. The zero-order valence-corrected chi connectivity index (χ0v) is 11.2. The fourth-order valence-electron chi connectivity index (χ4n) is 2.55. The van der Waals surface area contributed by atoms with Crippen molar-refractivity contribution in [2.45, 2.75) is 24.9 Å². The summed E-state index contributed by atoms with van der Waals surface area (Å²) in [4.78, 5) is 2.34. The van der Waals surface area contributed by atoms with Gasteiger partial charge in [0, 0.05) is 29.8 Å². The molecule has 2 atom stereocenters. The minimum atomic E-state index is -0.0119. The molecule has 2 rings (SSSR count). The molecule has 0 aromatic heterocycles. The Labute approximate surface area is 108 Å². The number of nitrogens with one attached hydrogen (secondary N) is 1. The van der Waals surface area contributed by atoms with Crippen LogP contribution < -0.4 is 11.1 Å². The Bertz CT molecular complexity index is 367. The highest BCUT2D eigenvalue weighted by atomic mass is 35.5. The summed E-state index contributed by atoms with van der Waals surface area (Å²) in [5, 5.41) is 4.33. The molecule has 1 fully saturated rings. The topological polar surface area (TPSA) is 41.3 Å². The number of hydrogen-bond acceptors (Lipinski definition) is 3. The molecule has 1 aliphatic heterocycles. The third kappa shape index (κ3) is 2.73. The molecule has 1 aromatic carbocycles. The van der Waals surface area contributed by atoms with E-state index in [0.717, 1.165) is 23.7 Å². The van der Waals surface area contributed by atoms with E-state index in [4.69, 9.17) is 17.3 Å². The van der Waals surface area contributed by atoms with Crippen molar-refractivity contribution in [3.8, 4) is 0 Å². The average Bonchev–Trinajstić information content (AvgIpc) is 2.59. The van der Waals surface area contributed by atoms with Gasteiger partial charge >= 0.3 is 0 Å². The van der Waals surface area contributed by atoms with Crippen molar-refractivity contribution >= 4 is 17.3 Å². The molecule has 4 heteroatoms. The van der Waals surface area contributed by atoms with Gasteiger partial charge in [-0.3, -0.25) is 0 Å². The highest BCUT2D eigenvalue weighted by Gasteiger charge is 2.39. The highest BCUT2D eigenvalue weighted by molar-refractivity contribution is 6.30. The molecular formula is C13H20ClN3. The number of nitrogens with zero attached hydrogens (tertiary/aromatic N) is 1.